The summed E-state index contributed by atoms with van der Waals surface area (Å²) < 4.78 is 0. The average molecular weight is 273 g/mol. The summed E-state index contributed by atoms with van der Waals surface area (Å²) in [6.45, 7) is 3.52. The molecule has 0 atom stereocenters. The van der Waals surface area contributed by atoms with Crippen molar-refractivity contribution in [2.75, 3.05) is 5.32 Å². The Balaban J connectivity index is 2.68. The molecule has 0 radical (unpaired) electrons. The zero-order valence-electron chi connectivity index (χ0n) is 9.45. The number of rotatable bonds is 2. The van der Waals surface area contributed by atoms with Crippen molar-refractivity contribution < 1.29 is 9.90 Å². The molecular weight excluding hydrogens is 260 g/mol. The first-order valence-corrected chi connectivity index (χ1v) is 5.79. The number of carbonyl (C=O) groups is 1. The lowest BCUT2D eigenvalue weighted by molar-refractivity contribution is -0.122. The summed E-state index contributed by atoms with van der Waals surface area (Å²) in [6.07, 6.45) is 0. The number of carbonyl (C=O) groups excluding carboxylic acids is 1. The third kappa shape index (κ3) is 4.20. The molecule has 0 aromatic heterocycles. The van der Waals surface area contributed by atoms with Crippen LogP contribution in [0.15, 0.2) is 18.2 Å². The summed E-state index contributed by atoms with van der Waals surface area (Å²) in [5.41, 5.74) is 0.353. The Hall–Kier alpha value is -1.33. The smallest absolute Gasteiger partial charge is 0.228 e. The minimum Gasteiger partial charge on any atom is -0.506 e. The first-order chi connectivity index (χ1) is 7.90. The minimum atomic E-state index is -0.191. The van der Waals surface area contributed by atoms with Crippen molar-refractivity contribution in [1.82, 2.24) is 5.32 Å². The number of anilines is 1. The summed E-state index contributed by atoms with van der Waals surface area (Å²) in [4.78, 5) is 11.4. The molecule has 17 heavy (non-hydrogen) atoms. The monoisotopic (exact) mass is 272 g/mol. The number of benzene rings is 1. The fourth-order valence-corrected chi connectivity index (χ4v) is 1.40. The predicted molar refractivity (Wildman–Crippen MR) is 72.3 cm³/mol. The number of hydrogen-bond donors (Lipinski definition) is 3. The van der Waals surface area contributed by atoms with Gasteiger partial charge in [0.25, 0.3) is 0 Å². The first kappa shape index (κ1) is 13.7. The van der Waals surface area contributed by atoms with Crippen molar-refractivity contribution in [3.63, 3.8) is 0 Å². The molecule has 0 aliphatic heterocycles. The molecule has 0 bridgehead atoms. The number of halogens is 1. The van der Waals surface area contributed by atoms with Gasteiger partial charge in [0.2, 0.25) is 5.91 Å². The quantitative estimate of drug-likeness (QED) is 0.572. The fourth-order valence-electron chi connectivity index (χ4n) is 1.02. The molecule has 0 spiro atoms. The van der Waals surface area contributed by atoms with Crippen LogP contribution in [-0.4, -0.2) is 16.1 Å². The highest BCUT2D eigenvalue weighted by Crippen LogP contribution is 2.26. The Morgan fingerprint density at radius 2 is 2.12 bits per heavy atom. The molecule has 0 unspecified atom stereocenters. The number of phenolic OH excluding ortho intramolecular Hbond substituents is 1. The molecule has 6 heteroatoms. The van der Waals surface area contributed by atoms with Gasteiger partial charge in [0.1, 0.15) is 5.75 Å². The van der Waals surface area contributed by atoms with Crippen LogP contribution < -0.4 is 10.6 Å². The average Bonchev–Trinajstić information content (AvgIpc) is 2.23. The minimum absolute atomic E-state index is 0.00976. The first-order valence-electron chi connectivity index (χ1n) is 5.00. The zero-order chi connectivity index (χ0) is 13.0. The molecule has 0 aliphatic rings. The van der Waals surface area contributed by atoms with Gasteiger partial charge in [0.15, 0.2) is 5.11 Å². The van der Waals surface area contributed by atoms with Crippen molar-refractivity contribution >= 4 is 40.5 Å². The van der Waals surface area contributed by atoms with Crippen LogP contribution in [0.25, 0.3) is 0 Å². The van der Waals surface area contributed by atoms with Gasteiger partial charge in [0.05, 0.1) is 5.69 Å². The van der Waals surface area contributed by atoms with Gasteiger partial charge in [0, 0.05) is 10.9 Å². The maximum atomic E-state index is 11.4. The molecule has 0 aliphatic carbocycles. The number of thiocarbonyl (C=S) groups is 1. The van der Waals surface area contributed by atoms with E-state index in [-0.39, 0.29) is 22.7 Å². The number of phenols is 1. The van der Waals surface area contributed by atoms with E-state index in [2.05, 4.69) is 10.6 Å². The van der Waals surface area contributed by atoms with Crippen LogP contribution in [0, 0.1) is 5.92 Å². The van der Waals surface area contributed by atoms with Crippen LogP contribution in [0.1, 0.15) is 13.8 Å². The molecule has 4 nitrogen and oxygen atoms in total. The van der Waals surface area contributed by atoms with Gasteiger partial charge in [-0.2, -0.15) is 0 Å². The molecule has 1 aromatic rings. The van der Waals surface area contributed by atoms with E-state index in [0.717, 1.165) is 0 Å². The van der Waals surface area contributed by atoms with Crippen LogP contribution in [-0.2, 0) is 4.79 Å². The van der Waals surface area contributed by atoms with E-state index >= 15 is 0 Å². The third-order valence-electron chi connectivity index (χ3n) is 1.97. The molecule has 1 amide bonds. The van der Waals surface area contributed by atoms with E-state index in [4.69, 9.17) is 23.8 Å². The molecule has 3 N–H and O–H groups in total. The van der Waals surface area contributed by atoms with Gasteiger partial charge in [-0.1, -0.05) is 25.4 Å². The van der Waals surface area contributed by atoms with Gasteiger partial charge in [-0.05, 0) is 30.4 Å². The van der Waals surface area contributed by atoms with Crippen LogP contribution in [0.3, 0.4) is 0 Å². The highest BCUT2D eigenvalue weighted by atomic mass is 35.5. The summed E-state index contributed by atoms with van der Waals surface area (Å²) in [5.74, 6) is -0.345. The second-order valence-corrected chi connectivity index (χ2v) is 4.60. The van der Waals surface area contributed by atoms with Crippen molar-refractivity contribution in [3.8, 4) is 5.75 Å². The van der Waals surface area contributed by atoms with Crippen molar-refractivity contribution in [1.29, 1.82) is 0 Å². The highest BCUT2D eigenvalue weighted by Gasteiger charge is 2.10. The van der Waals surface area contributed by atoms with Gasteiger partial charge < -0.3 is 15.7 Å². The van der Waals surface area contributed by atoms with Gasteiger partial charge in [-0.15, -0.1) is 0 Å². The van der Waals surface area contributed by atoms with Crippen molar-refractivity contribution in [3.05, 3.63) is 23.2 Å². The van der Waals surface area contributed by atoms with E-state index in [1.54, 1.807) is 19.9 Å². The van der Waals surface area contributed by atoms with E-state index in [1.807, 2.05) is 0 Å². The number of nitrogens with one attached hydrogen (secondary N) is 2. The Labute approximate surface area is 110 Å². The second kappa shape index (κ2) is 5.84. The SMILES string of the molecule is CC(C)C(=O)NC(=S)Nc1cc(Cl)ccc1O. The molecule has 1 rings (SSSR count). The lowest BCUT2D eigenvalue weighted by Gasteiger charge is -2.12. The maximum Gasteiger partial charge on any atom is 0.228 e. The van der Waals surface area contributed by atoms with E-state index in [0.29, 0.717) is 10.7 Å². The van der Waals surface area contributed by atoms with E-state index < -0.39 is 0 Å². The fraction of sp³-hybridized carbons (Fsp3) is 0.273. The van der Waals surface area contributed by atoms with E-state index in [1.165, 1.54) is 12.1 Å². The lowest BCUT2D eigenvalue weighted by Crippen LogP contribution is -2.36. The Bertz CT molecular complexity index is 449. The summed E-state index contributed by atoms with van der Waals surface area (Å²) >= 11 is 10.7. The van der Waals surface area contributed by atoms with Crippen molar-refractivity contribution in [2.24, 2.45) is 5.92 Å². The molecule has 0 saturated carbocycles. The Kier molecular flexibility index (Phi) is 4.72. The van der Waals surface area contributed by atoms with E-state index in [9.17, 15) is 9.90 Å². The third-order valence-corrected chi connectivity index (χ3v) is 2.41. The van der Waals surface area contributed by atoms with Crippen LogP contribution in [0.2, 0.25) is 5.02 Å². The van der Waals surface area contributed by atoms with Gasteiger partial charge in [-0.3, -0.25) is 4.79 Å². The molecule has 0 saturated heterocycles. The normalized spacial score (nSPS) is 10.1. The summed E-state index contributed by atoms with van der Waals surface area (Å²) in [6, 6.07) is 4.51. The molecule has 0 fully saturated rings. The van der Waals surface area contributed by atoms with Crippen LogP contribution >= 0.6 is 23.8 Å². The number of amides is 1. The second-order valence-electron chi connectivity index (χ2n) is 3.76. The van der Waals surface area contributed by atoms with Gasteiger partial charge in [-0.25, -0.2) is 0 Å². The topological polar surface area (TPSA) is 61.4 Å². The summed E-state index contributed by atoms with van der Waals surface area (Å²) in [5, 5.41) is 15.3. The predicted octanol–water partition coefficient (Wildman–Crippen LogP) is 2.51. The highest BCUT2D eigenvalue weighted by molar-refractivity contribution is 7.80. The Morgan fingerprint density at radius 3 is 2.71 bits per heavy atom. The van der Waals surface area contributed by atoms with Crippen molar-refractivity contribution in [2.45, 2.75) is 13.8 Å². The largest absolute Gasteiger partial charge is 0.506 e. The Morgan fingerprint density at radius 1 is 1.47 bits per heavy atom. The lowest BCUT2D eigenvalue weighted by atomic mass is 10.2. The van der Waals surface area contributed by atoms with Crippen LogP contribution in [0.4, 0.5) is 5.69 Å². The molecule has 0 heterocycles. The molecular formula is C11H13ClN2O2S. The maximum absolute atomic E-state index is 11.4. The standard InChI is InChI=1S/C11H13ClN2O2S/c1-6(2)10(16)14-11(17)13-8-5-7(12)3-4-9(8)15/h3-6,15H,1-2H3,(H2,13,14,16,17). The molecule has 92 valence electrons. The summed E-state index contributed by atoms with van der Waals surface area (Å²) in [7, 11) is 0. The number of hydrogen-bond acceptors (Lipinski definition) is 3. The zero-order valence-corrected chi connectivity index (χ0v) is 11.0. The van der Waals surface area contributed by atoms with Gasteiger partial charge >= 0.3 is 0 Å². The number of aromatic hydroxyl groups is 1. The molecule has 1 aromatic carbocycles. The van der Waals surface area contributed by atoms with Crippen LogP contribution in [0.5, 0.6) is 5.75 Å².